The van der Waals surface area contributed by atoms with Gasteiger partial charge in [-0.1, -0.05) is 66.4 Å². The van der Waals surface area contributed by atoms with Crippen molar-refractivity contribution in [2.45, 2.75) is 30.8 Å². The Morgan fingerprint density at radius 1 is 1.06 bits per heavy atom. The standard InChI is InChI=1S/C26H24N6OS/c1-17-9-6-7-13-21(17)29-24(33)22-18(2)28-25-30-26(34-16-19-10-4-3-5-11-19)31-32(25)23(22)20-12-8-14-27-15-20/h3-15,23H,16H2,1-2H3,(H,29,33)(H,28,30,31)/t23-/m0/s1. The third-order valence-corrected chi connectivity index (χ3v) is 6.59. The monoisotopic (exact) mass is 468 g/mol. The molecule has 5 rings (SSSR count). The summed E-state index contributed by atoms with van der Waals surface area (Å²) in [6.45, 7) is 3.87. The van der Waals surface area contributed by atoms with E-state index in [9.17, 15) is 4.79 Å². The number of hydrogen-bond acceptors (Lipinski definition) is 6. The van der Waals surface area contributed by atoms with Gasteiger partial charge < -0.3 is 10.6 Å². The van der Waals surface area contributed by atoms with Crippen LogP contribution >= 0.6 is 11.8 Å². The number of amides is 1. The Morgan fingerprint density at radius 3 is 2.62 bits per heavy atom. The highest BCUT2D eigenvalue weighted by Crippen LogP contribution is 2.36. The van der Waals surface area contributed by atoms with E-state index in [1.54, 1.807) is 28.8 Å². The SMILES string of the molecule is CC1=C(C(=O)Nc2ccccc2C)[C@H](c2cccnc2)n2nc(SCc3ccccc3)nc2N1. The van der Waals surface area contributed by atoms with Gasteiger partial charge in [0.15, 0.2) is 0 Å². The van der Waals surface area contributed by atoms with Crippen LogP contribution in [0.2, 0.25) is 0 Å². The highest BCUT2D eigenvalue weighted by atomic mass is 32.2. The number of allylic oxidation sites excluding steroid dienone is 1. The Balaban J connectivity index is 1.49. The maximum atomic E-state index is 13.5. The molecule has 8 heteroatoms. The zero-order valence-corrected chi connectivity index (χ0v) is 19.7. The molecule has 2 aromatic carbocycles. The first kappa shape index (κ1) is 21.9. The van der Waals surface area contributed by atoms with Crippen LogP contribution < -0.4 is 10.6 Å². The number of para-hydroxylation sites is 1. The van der Waals surface area contributed by atoms with Crippen molar-refractivity contribution in [3.63, 3.8) is 0 Å². The predicted molar refractivity (Wildman–Crippen MR) is 135 cm³/mol. The molecule has 1 atom stereocenters. The van der Waals surface area contributed by atoms with Gasteiger partial charge in [0.05, 0.1) is 5.57 Å². The van der Waals surface area contributed by atoms with Crippen molar-refractivity contribution < 1.29 is 4.79 Å². The maximum absolute atomic E-state index is 13.5. The highest BCUT2D eigenvalue weighted by Gasteiger charge is 2.34. The molecule has 2 N–H and O–H groups in total. The highest BCUT2D eigenvalue weighted by molar-refractivity contribution is 7.98. The number of anilines is 2. The van der Waals surface area contributed by atoms with Gasteiger partial charge in [0.25, 0.3) is 5.91 Å². The first-order valence-corrected chi connectivity index (χ1v) is 12.0. The lowest BCUT2D eigenvalue weighted by atomic mass is 9.96. The lowest BCUT2D eigenvalue weighted by Crippen LogP contribution is -2.31. The Morgan fingerprint density at radius 2 is 1.85 bits per heavy atom. The number of benzene rings is 2. The van der Waals surface area contributed by atoms with Crippen molar-refractivity contribution in [2.24, 2.45) is 0 Å². The zero-order valence-electron chi connectivity index (χ0n) is 18.9. The lowest BCUT2D eigenvalue weighted by Gasteiger charge is -2.28. The molecule has 0 spiro atoms. The van der Waals surface area contributed by atoms with Gasteiger partial charge in [-0.15, -0.1) is 5.10 Å². The van der Waals surface area contributed by atoms with Gasteiger partial charge in [-0.3, -0.25) is 9.78 Å². The summed E-state index contributed by atoms with van der Waals surface area (Å²) >= 11 is 1.56. The molecule has 2 aromatic heterocycles. The summed E-state index contributed by atoms with van der Waals surface area (Å²) in [5.74, 6) is 1.18. The second-order valence-corrected chi connectivity index (χ2v) is 9.00. The van der Waals surface area contributed by atoms with Crippen LogP contribution in [0.3, 0.4) is 0 Å². The minimum absolute atomic E-state index is 0.187. The number of carbonyl (C=O) groups is 1. The lowest BCUT2D eigenvalue weighted by molar-refractivity contribution is -0.113. The number of carbonyl (C=O) groups excluding carboxylic acids is 1. The second-order valence-electron chi connectivity index (χ2n) is 8.06. The third-order valence-electron chi connectivity index (χ3n) is 5.68. The number of nitrogens with zero attached hydrogens (tertiary/aromatic N) is 4. The molecule has 4 aromatic rings. The van der Waals surface area contributed by atoms with Crippen molar-refractivity contribution in [1.29, 1.82) is 0 Å². The van der Waals surface area contributed by atoms with Crippen LogP contribution in [0.15, 0.2) is 95.6 Å². The summed E-state index contributed by atoms with van der Waals surface area (Å²) in [4.78, 5) is 22.5. The Kier molecular flexibility index (Phi) is 6.14. The van der Waals surface area contributed by atoms with E-state index in [2.05, 4.69) is 27.8 Å². The van der Waals surface area contributed by atoms with Crippen LogP contribution in [0.5, 0.6) is 0 Å². The van der Waals surface area contributed by atoms with Gasteiger partial charge in [0.1, 0.15) is 6.04 Å². The van der Waals surface area contributed by atoms with Crippen LogP contribution in [0, 0.1) is 6.92 Å². The largest absolute Gasteiger partial charge is 0.328 e. The minimum atomic E-state index is -0.451. The number of aromatic nitrogens is 4. The topological polar surface area (TPSA) is 84.7 Å². The molecule has 0 radical (unpaired) electrons. The average molecular weight is 469 g/mol. The maximum Gasteiger partial charge on any atom is 0.255 e. The number of thioether (sulfide) groups is 1. The van der Waals surface area contributed by atoms with Crippen LogP contribution in [0.1, 0.15) is 29.7 Å². The fraction of sp³-hybridized carbons (Fsp3) is 0.154. The fourth-order valence-electron chi connectivity index (χ4n) is 3.96. The molecule has 170 valence electrons. The zero-order chi connectivity index (χ0) is 23.5. The molecule has 0 fully saturated rings. The van der Waals surface area contributed by atoms with Gasteiger partial charge >= 0.3 is 0 Å². The van der Waals surface area contributed by atoms with E-state index in [4.69, 9.17) is 10.1 Å². The molecular weight excluding hydrogens is 444 g/mol. The number of aryl methyl sites for hydroxylation is 1. The van der Waals surface area contributed by atoms with Gasteiger partial charge in [0, 0.05) is 29.5 Å². The number of pyridine rings is 1. The van der Waals surface area contributed by atoms with E-state index >= 15 is 0 Å². The molecule has 7 nitrogen and oxygen atoms in total. The molecule has 0 bridgehead atoms. The number of fused-ring (bicyclic) bond motifs is 1. The van der Waals surface area contributed by atoms with Crippen LogP contribution in [-0.4, -0.2) is 25.7 Å². The quantitative estimate of drug-likeness (QED) is 0.378. The fourth-order valence-corrected chi connectivity index (χ4v) is 4.74. The summed E-state index contributed by atoms with van der Waals surface area (Å²) in [5.41, 5.74) is 5.15. The molecule has 0 unspecified atom stereocenters. The van der Waals surface area contributed by atoms with E-state index in [-0.39, 0.29) is 5.91 Å². The number of rotatable bonds is 6. The summed E-state index contributed by atoms with van der Waals surface area (Å²) in [7, 11) is 0. The van der Waals surface area contributed by atoms with Crippen LogP contribution in [0.4, 0.5) is 11.6 Å². The van der Waals surface area contributed by atoms with E-state index in [1.807, 2.05) is 68.4 Å². The Labute approximate surface area is 202 Å². The van der Waals surface area contributed by atoms with Crippen molar-refractivity contribution >= 4 is 29.3 Å². The van der Waals surface area contributed by atoms with Crippen molar-refractivity contribution in [3.05, 3.63) is 107 Å². The van der Waals surface area contributed by atoms with Crippen molar-refractivity contribution in [2.75, 3.05) is 10.6 Å². The molecule has 1 aliphatic rings. The van der Waals surface area contributed by atoms with E-state index in [0.717, 1.165) is 28.3 Å². The van der Waals surface area contributed by atoms with E-state index < -0.39 is 6.04 Å². The predicted octanol–water partition coefficient (Wildman–Crippen LogP) is 5.20. The molecule has 1 amide bonds. The molecule has 34 heavy (non-hydrogen) atoms. The summed E-state index contributed by atoms with van der Waals surface area (Å²) in [6, 6.07) is 21.3. The van der Waals surface area contributed by atoms with Gasteiger partial charge in [-0.05, 0) is 42.7 Å². The normalized spacial score (nSPS) is 14.9. The van der Waals surface area contributed by atoms with Crippen molar-refractivity contribution in [1.82, 2.24) is 19.7 Å². The summed E-state index contributed by atoms with van der Waals surface area (Å²) in [6.07, 6.45) is 3.49. The first-order valence-electron chi connectivity index (χ1n) is 11.0. The molecule has 1 aliphatic heterocycles. The van der Waals surface area contributed by atoms with Gasteiger partial charge in [-0.2, -0.15) is 4.98 Å². The van der Waals surface area contributed by atoms with Crippen LogP contribution in [-0.2, 0) is 10.5 Å². The molecular formula is C26H24N6OS. The molecule has 0 saturated carbocycles. The van der Waals surface area contributed by atoms with Gasteiger partial charge in [0.2, 0.25) is 11.1 Å². The Bertz CT molecular complexity index is 1350. The first-order chi connectivity index (χ1) is 16.6. The number of nitrogens with one attached hydrogen (secondary N) is 2. The molecule has 0 aliphatic carbocycles. The summed E-state index contributed by atoms with van der Waals surface area (Å²) < 4.78 is 1.78. The second kappa shape index (κ2) is 9.52. The number of hydrogen-bond donors (Lipinski definition) is 2. The van der Waals surface area contributed by atoms with Crippen LogP contribution in [0.25, 0.3) is 0 Å². The average Bonchev–Trinajstić information content (AvgIpc) is 3.26. The van der Waals surface area contributed by atoms with E-state index in [0.29, 0.717) is 16.7 Å². The minimum Gasteiger partial charge on any atom is -0.328 e. The Hall–Kier alpha value is -3.91. The van der Waals surface area contributed by atoms with Gasteiger partial charge in [-0.25, -0.2) is 4.68 Å². The molecule has 0 saturated heterocycles. The summed E-state index contributed by atoms with van der Waals surface area (Å²) in [5, 5.41) is 11.8. The van der Waals surface area contributed by atoms with E-state index in [1.165, 1.54) is 5.56 Å². The molecule has 3 heterocycles. The van der Waals surface area contributed by atoms with Crippen molar-refractivity contribution in [3.8, 4) is 0 Å². The smallest absolute Gasteiger partial charge is 0.255 e. The third kappa shape index (κ3) is 4.45.